The van der Waals surface area contributed by atoms with Crippen molar-refractivity contribution >= 4 is 0 Å². The molecule has 0 atom stereocenters. The van der Waals surface area contributed by atoms with E-state index >= 15 is 0 Å². The fraction of sp³-hybridized carbons (Fsp3) is 0.562. The molecule has 0 unspecified atom stereocenters. The predicted octanol–water partition coefficient (Wildman–Crippen LogP) is 13.2. The molecule has 0 heterocycles. The van der Waals surface area contributed by atoms with Crippen LogP contribution in [0.4, 0.5) is 114 Å². The smallest absolute Gasteiger partial charge is 0.200 e. The molecule has 0 aliphatic heterocycles. The molecular formula is C32H20F26. The van der Waals surface area contributed by atoms with Gasteiger partial charge in [-0.05, 0) is 61.1 Å². The summed E-state index contributed by atoms with van der Waals surface area (Å²) in [5.41, 5.74) is 0.121. The van der Waals surface area contributed by atoms with Gasteiger partial charge in [-0.1, -0.05) is 36.1 Å². The van der Waals surface area contributed by atoms with Crippen molar-refractivity contribution in [2.24, 2.45) is 0 Å². The molecule has 26 heteroatoms. The Hall–Kier alpha value is -3.82. The Balaban J connectivity index is 2.05. The van der Waals surface area contributed by atoms with E-state index in [-0.39, 0.29) is 22.3 Å². The first kappa shape index (κ1) is 50.3. The Kier molecular flexibility index (Phi) is 13.6. The monoisotopic (exact) mass is 898 g/mol. The third kappa shape index (κ3) is 8.72. The van der Waals surface area contributed by atoms with E-state index in [1.54, 1.807) is 0 Å². The molecule has 0 aliphatic carbocycles. The molecule has 2 rings (SSSR count). The van der Waals surface area contributed by atoms with Crippen LogP contribution in [0.5, 0.6) is 0 Å². The Morgan fingerprint density at radius 3 is 0.741 bits per heavy atom. The minimum Gasteiger partial charge on any atom is -0.200 e. The lowest BCUT2D eigenvalue weighted by Gasteiger charge is -2.39. The molecule has 0 aliphatic rings. The van der Waals surface area contributed by atoms with Gasteiger partial charge in [-0.2, -0.15) is 114 Å². The summed E-state index contributed by atoms with van der Waals surface area (Å²) < 4.78 is 344. The van der Waals surface area contributed by atoms with Gasteiger partial charge >= 0.3 is 71.6 Å². The van der Waals surface area contributed by atoms with Crippen LogP contribution in [0, 0.1) is 11.8 Å². The molecular weight excluding hydrogens is 878 g/mol. The van der Waals surface area contributed by atoms with E-state index in [9.17, 15) is 114 Å². The Morgan fingerprint density at radius 2 is 0.517 bits per heavy atom. The molecule has 0 radical (unpaired) electrons. The SMILES string of the molecule is FC(F)(F)C(F)(F)C(F)(F)C(F)(F)C(F)(F)C(F)(F)CCCc1ccc(C#Cc2ccc(CCCC(F)(F)C(F)(F)C(F)(F)C(F)(F)C(F)(F)C(F)(F)F)cc2)cc1. The maximum atomic E-state index is 14.0. The zero-order valence-corrected chi connectivity index (χ0v) is 27.7. The van der Waals surface area contributed by atoms with Crippen LogP contribution < -0.4 is 0 Å². The number of aryl methyl sites for hydroxylation is 2. The molecule has 2 aromatic carbocycles. The molecule has 2 aromatic rings. The lowest BCUT2D eigenvalue weighted by atomic mass is 9.91. The number of hydrogen-bond acceptors (Lipinski definition) is 0. The molecule has 0 saturated carbocycles. The first-order valence-electron chi connectivity index (χ1n) is 15.2. The Bertz CT molecular complexity index is 1620. The highest BCUT2D eigenvalue weighted by molar-refractivity contribution is 5.44. The molecule has 330 valence electrons. The van der Waals surface area contributed by atoms with Gasteiger partial charge in [-0.15, -0.1) is 0 Å². The van der Waals surface area contributed by atoms with Crippen molar-refractivity contribution < 1.29 is 114 Å². The van der Waals surface area contributed by atoms with Gasteiger partial charge < -0.3 is 0 Å². The number of rotatable bonds is 16. The van der Waals surface area contributed by atoms with Crippen molar-refractivity contribution in [3.05, 3.63) is 70.8 Å². The van der Waals surface area contributed by atoms with Gasteiger partial charge in [0.05, 0.1) is 0 Å². The lowest BCUT2D eigenvalue weighted by molar-refractivity contribution is -0.440. The van der Waals surface area contributed by atoms with Gasteiger partial charge in [0.2, 0.25) is 0 Å². The van der Waals surface area contributed by atoms with Crippen molar-refractivity contribution in [2.45, 2.75) is 110 Å². The standard InChI is InChI=1S/C32H20F26/c33-21(34,23(37,38)25(41,42)27(45,46)29(49,50)31(53,54)55)15-1-3-17-5-9-19(10-6-17)13-14-20-11-7-18(8-12-20)4-2-16-22(35,36)24(39,40)26(43,44)28(47,48)30(51,52)32(56,57)58/h5-12H,1-4,15-16H2. The summed E-state index contributed by atoms with van der Waals surface area (Å²) in [6, 6.07) is 8.85. The van der Waals surface area contributed by atoms with Crippen LogP contribution in [0.15, 0.2) is 48.5 Å². The fourth-order valence-electron chi connectivity index (χ4n) is 4.60. The number of hydrogen-bond donors (Lipinski definition) is 0. The summed E-state index contributed by atoms with van der Waals surface area (Å²) in [5.74, 6) is -69.9. The molecule has 0 fully saturated rings. The van der Waals surface area contributed by atoms with E-state index in [0.29, 0.717) is 0 Å². The molecule has 0 spiro atoms. The highest BCUT2D eigenvalue weighted by atomic mass is 19.4. The van der Waals surface area contributed by atoms with E-state index in [1.807, 2.05) is 0 Å². The zero-order valence-electron chi connectivity index (χ0n) is 27.7. The van der Waals surface area contributed by atoms with E-state index < -0.39 is 110 Å². The van der Waals surface area contributed by atoms with Crippen LogP contribution in [0.25, 0.3) is 0 Å². The first-order chi connectivity index (χ1) is 25.6. The second kappa shape index (κ2) is 15.7. The summed E-state index contributed by atoms with van der Waals surface area (Å²) >= 11 is 0. The first-order valence-corrected chi connectivity index (χ1v) is 15.2. The van der Waals surface area contributed by atoms with Crippen LogP contribution in [0.3, 0.4) is 0 Å². The van der Waals surface area contributed by atoms with Gasteiger partial charge in [0, 0.05) is 24.0 Å². The second-order valence-corrected chi connectivity index (χ2v) is 12.4. The van der Waals surface area contributed by atoms with Gasteiger partial charge in [-0.3, -0.25) is 0 Å². The van der Waals surface area contributed by atoms with Gasteiger partial charge in [-0.25, -0.2) is 0 Å². The number of halogens is 26. The summed E-state index contributed by atoms with van der Waals surface area (Å²) in [6.07, 6.45) is -23.8. The van der Waals surface area contributed by atoms with Crippen molar-refractivity contribution in [2.75, 3.05) is 0 Å². The number of benzene rings is 2. The van der Waals surface area contributed by atoms with Gasteiger partial charge in [0.1, 0.15) is 0 Å². The summed E-state index contributed by atoms with van der Waals surface area (Å²) in [4.78, 5) is 0. The molecule has 0 aromatic heterocycles. The van der Waals surface area contributed by atoms with E-state index in [2.05, 4.69) is 11.8 Å². The van der Waals surface area contributed by atoms with Crippen LogP contribution in [0.1, 0.15) is 47.9 Å². The van der Waals surface area contributed by atoms with Crippen LogP contribution in [0.2, 0.25) is 0 Å². The maximum absolute atomic E-state index is 14.0. The van der Waals surface area contributed by atoms with Crippen LogP contribution >= 0.6 is 0 Å². The largest absolute Gasteiger partial charge is 0.460 e. The van der Waals surface area contributed by atoms with Gasteiger partial charge in [0.25, 0.3) is 0 Å². The Labute approximate surface area is 307 Å². The summed E-state index contributed by atoms with van der Waals surface area (Å²) in [7, 11) is 0. The van der Waals surface area contributed by atoms with Crippen molar-refractivity contribution in [3.8, 4) is 11.8 Å². The third-order valence-electron chi connectivity index (χ3n) is 8.17. The van der Waals surface area contributed by atoms with E-state index in [4.69, 9.17) is 0 Å². The summed E-state index contributed by atoms with van der Waals surface area (Å²) in [5, 5.41) is 0. The highest BCUT2D eigenvalue weighted by Crippen LogP contribution is 2.62. The van der Waals surface area contributed by atoms with Crippen molar-refractivity contribution in [1.82, 2.24) is 0 Å². The van der Waals surface area contributed by atoms with Crippen molar-refractivity contribution in [3.63, 3.8) is 0 Å². The second-order valence-electron chi connectivity index (χ2n) is 12.4. The Morgan fingerprint density at radius 1 is 0.293 bits per heavy atom. The van der Waals surface area contributed by atoms with Crippen LogP contribution in [-0.2, 0) is 12.8 Å². The quantitative estimate of drug-likeness (QED) is 0.116. The van der Waals surface area contributed by atoms with Crippen molar-refractivity contribution in [1.29, 1.82) is 0 Å². The minimum atomic E-state index is -8.02. The lowest BCUT2D eigenvalue weighted by Crippen LogP contribution is -2.70. The summed E-state index contributed by atoms with van der Waals surface area (Å²) in [6.45, 7) is 0. The minimum absolute atomic E-state index is 0.0327. The normalized spacial score (nSPS) is 15.0. The topological polar surface area (TPSA) is 0 Å². The average molecular weight is 898 g/mol. The van der Waals surface area contributed by atoms with Crippen LogP contribution in [-0.4, -0.2) is 71.6 Å². The molecule has 0 bridgehead atoms. The molecule has 0 nitrogen and oxygen atoms in total. The predicted molar refractivity (Wildman–Crippen MR) is 146 cm³/mol. The molecule has 58 heavy (non-hydrogen) atoms. The highest BCUT2D eigenvalue weighted by Gasteiger charge is 2.92. The molecule has 0 N–H and O–H groups in total. The zero-order chi connectivity index (χ0) is 45.6. The average Bonchev–Trinajstić information content (AvgIpc) is 3.06. The van der Waals surface area contributed by atoms with Gasteiger partial charge in [0.15, 0.2) is 0 Å². The molecule has 0 amide bonds. The fourth-order valence-corrected chi connectivity index (χ4v) is 4.60. The number of alkyl halides is 26. The van der Waals surface area contributed by atoms with E-state index in [0.717, 1.165) is 48.5 Å². The maximum Gasteiger partial charge on any atom is 0.460 e. The van der Waals surface area contributed by atoms with E-state index in [1.165, 1.54) is 0 Å². The molecule has 0 saturated heterocycles. The third-order valence-corrected chi connectivity index (χ3v) is 8.17.